The molecule has 0 spiro atoms. The zero-order valence-corrected chi connectivity index (χ0v) is 11.4. The van der Waals surface area contributed by atoms with Crippen LogP contribution >= 0.6 is 0 Å². The van der Waals surface area contributed by atoms with Gasteiger partial charge in [-0.05, 0) is 44.7 Å². The summed E-state index contributed by atoms with van der Waals surface area (Å²) in [5.41, 5.74) is 1.83. The van der Waals surface area contributed by atoms with Gasteiger partial charge in [0, 0.05) is 30.5 Å². The van der Waals surface area contributed by atoms with Crippen LogP contribution in [0.3, 0.4) is 0 Å². The van der Waals surface area contributed by atoms with Crippen LogP contribution in [0.4, 0.5) is 11.4 Å². The van der Waals surface area contributed by atoms with E-state index in [9.17, 15) is 10.1 Å². The standard InChI is InChI=1S/C14H20N2O3/c1-10-9-12(5-8-14(10)16(17)18)15-11-3-6-13(19-2)7-4-11/h5,8-9,11,13,15H,3-4,6-7H2,1-2H3. The van der Waals surface area contributed by atoms with Gasteiger partial charge in [0.05, 0.1) is 11.0 Å². The summed E-state index contributed by atoms with van der Waals surface area (Å²) < 4.78 is 5.35. The summed E-state index contributed by atoms with van der Waals surface area (Å²) in [5, 5.41) is 14.2. The van der Waals surface area contributed by atoms with Crippen molar-refractivity contribution in [3.63, 3.8) is 0 Å². The zero-order chi connectivity index (χ0) is 13.8. The number of nitro groups is 1. The predicted octanol–water partition coefficient (Wildman–Crippen LogP) is 3.27. The Morgan fingerprint density at radius 3 is 2.53 bits per heavy atom. The number of anilines is 1. The second-order valence-corrected chi connectivity index (χ2v) is 5.11. The van der Waals surface area contributed by atoms with Crippen LogP contribution in [0.25, 0.3) is 0 Å². The van der Waals surface area contributed by atoms with Crippen molar-refractivity contribution >= 4 is 11.4 Å². The van der Waals surface area contributed by atoms with E-state index < -0.39 is 0 Å². The number of hydrogen-bond acceptors (Lipinski definition) is 4. The van der Waals surface area contributed by atoms with Crippen LogP contribution in [0, 0.1) is 17.0 Å². The number of rotatable bonds is 4. The molecule has 0 unspecified atom stereocenters. The first-order chi connectivity index (χ1) is 9.10. The molecule has 19 heavy (non-hydrogen) atoms. The van der Waals surface area contributed by atoms with Gasteiger partial charge in [0.1, 0.15) is 0 Å². The predicted molar refractivity (Wildman–Crippen MR) is 74.5 cm³/mol. The normalized spacial score (nSPS) is 23.1. The highest BCUT2D eigenvalue weighted by Gasteiger charge is 2.21. The molecule has 0 amide bonds. The fraction of sp³-hybridized carbons (Fsp3) is 0.571. The van der Waals surface area contributed by atoms with Gasteiger partial charge in [0.25, 0.3) is 5.69 Å². The summed E-state index contributed by atoms with van der Waals surface area (Å²) >= 11 is 0. The van der Waals surface area contributed by atoms with E-state index in [2.05, 4.69) is 5.32 Å². The van der Waals surface area contributed by atoms with Gasteiger partial charge in [-0.3, -0.25) is 10.1 Å². The molecule has 1 saturated carbocycles. The molecule has 1 aliphatic rings. The average molecular weight is 264 g/mol. The summed E-state index contributed by atoms with van der Waals surface area (Å²) in [6.07, 6.45) is 4.68. The van der Waals surface area contributed by atoms with Gasteiger partial charge in [-0.15, -0.1) is 0 Å². The van der Waals surface area contributed by atoms with Crippen molar-refractivity contribution in [3.8, 4) is 0 Å². The van der Waals surface area contributed by atoms with E-state index in [0.717, 1.165) is 31.4 Å². The molecule has 0 heterocycles. The monoisotopic (exact) mass is 264 g/mol. The van der Waals surface area contributed by atoms with Crippen molar-refractivity contribution in [2.24, 2.45) is 0 Å². The molecule has 1 N–H and O–H groups in total. The Morgan fingerprint density at radius 1 is 1.32 bits per heavy atom. The van der Waals surface area contributed by atoms with Crippen molar-refractivity contribution in [1.82, 2.24) is 0 Å². The zero-order valence-electron chi connectivity index (χ0n) is 11.4. The number of hydrogen-bond donors (Lipinski definition) is 1. The fourth-order valence-corrected chi connectivity index (χ4v) is 2.63. The molecule has 1 aliphatic carbocycles. The molecule has 0 aliphatic heterocycles. The molecule has 0 bridgehead atoms. The number of ether oxygens (including phenoxy) is 1. The van der Waals surface area contributed by atoms with E-state index in [1.54, 1.807) is 26.2 Å². The molecular weight excluding hydrogens is 244 g/mol. The first-order valence-electron chi connectivity index (χ1n) is 6.64. The van der Waals surface area contributed by atoms with Gasteiger partial charge >= 0.3 is 0 Å². The van der Waals surface area contributed by atoms with Crippen LogP contribution in [0.5, 0.6) is 0 Å². The molecule has 1 aromatic rings. The lowest BCUT2D eigenvalue weighted by molar-refractivity contribution is -0.385. The minimum Gasteiger partial charge on any atom is -0.382 e. The smallest absolute Gasteiger partial charge is 0.272 e. The first-order valence-corrected chi connectivity index (χ1v) is 6.64. The van der Waals surface area contributed by atoms with Crippen LogP contribution in [-0.2, 0) is 4.74 Å². The SMILES string of the molecule is COC1CCC(Nc2ccc([N+](=O)[O-])c(C)c2)CC1. The summed E-state index contributed by atoms with van der Waals surface area (Å²) in [4.78, 5) is 10.4. The Morgan fingerprint density at radius 2 is 2.00 bits per heavy atom. The molecular formula is C14H20N2O3. The number of nitrogens with one attached hydrogen (secondary N) is 1. The van der Waals surface area contributed by atoms with Gasteiger partial charge in [-0.2, -0.15) is 0 Å². The van der Waals surface area contributed by atoms with E-state index in [1.807, 2.05) is 6.07 Å². The maximum absolute atomic E-state index is 10.8. The second-order valence-electron chi connectivity index (χ2n) is 5.11. The van der Waals surface area contributed by atoms with Crippen molar-refractivity contribution in [2.75, 3.05) is 12.4 Å². The van der Waals surface area contributed by atoms with Crippen LogP contribution in [-0.4, -0.2) is 24.2 Å². The van der Waals surface area contributed by atoms with Gasteiger partial charge < -0.3 is 10.1 Å². The van der Waals surface area contributed by atoms with Crippen LogP contribution in [0.2, 0.25) is 0 Å². The Hall–Kier alpha value is -1.62. The molecule has 5 heteroatoms. The number of aryl methyl sites for hydroxylation is 1. The van der Waals surface area contributed by atoms with Crippen molar-refractivity contribution < 1.29 is 9.66 Å². The van der Waals surface area contributed by atoms with Gasteiger partial charge in [-0.25, -0.2) is 0 Å². The molecule has 5 nitrogen and oxygen atoms in total. The van der Waals surface area contributed by atoms with Crippen LogP contribution < -0.4 is 5.32 Å². The quantitative estimate of drug-likeness (QED) is 0.669. The van der Waals surface area contributed by atoms with Gasteiger partial charge in [-0.1, -0.05) is 0 Å². The maximum atomic E-state index is 10.8. The van der Waals surface area contributed by atoms with Gasteiger partial charge in [0.15, 0.2) is 0 Å². The summed E-state index contributed by atoms with van der Waals surface area (Å²) in [6.45, 7) is 1.77. The van der Waals surface area contributed by atoms with E-state index in [4.69, 9.17) is 4.74 Å². The Balaban J connectivity index is 1.97. The number of benzene rings is 1. The largest absolute Gasteiger partial charge is 0.382 e. The molecule has 1 fully saturated rings. The highest BCUT2D eigenvalue weighted by molar-refractivity contribution is 5.54. The summed E-state index contributed by atoms with van der Waals surface area (Å²) in [7, 11) is 1.76. The summed E-state index contributed by atoms with van der Waals surface area (Å²) in [6, 6.07) is 5.64. The summed E-state index contributed by atoms with van der Waals surface area (Å²) in [5.74, 6) is 0. The second kappa shape index (κ2) is 6.02. The molecule has 0 saturated heterocycles. The Labute approximate surface area is 113 Å². The van der Waals surface area contributed by atoms with E-state index in [0.29, 0.717) is 17.7 Å². The van der Waals surface area contributed by atoms with E-state index in [1.165, 1.54) is 0 Å². The van der Waals surface area contributed by atoms with E-state index in [-0.39, 0.29) is 10.6 Å². The third kappa shape index (κ3) is 3.44. The molecule has 0 radical (unpaired) electrons. The van der Waals surface area contributed by atoms with E-state index >= 15 is 0 Å². The highest BCUT2D eigenvalue weighted by atomic mass is 16.6. The lowest BCUT2D eigenvalue weighted by Crippen LogP contribution is -2.29. The van der Waals surface area contributed by atoms with Crippen LogP contribution in [0.1, 0.15) is 31.2 Å². The molecule has 2 rings (SSSR count). The van der Waals surface area contributed by atoms with Crippen molar-refractivity contribution in [3.05, 3.63) is 33.9 Å². The number of nitro benzene ring substituents is 1. The van der Waals surface area contributed by atoms with Crippen LogP contribution in [0.15, 0.2) is 18.2 Å². The molecule has 0 aromatic heterocycles. The third-order valence-corrected chi connectivity index (χ3v) is 3.77. The van der Waals surface area contributed by atoms with Crippen molar-refractivity contribution in [1.29, 1.82) is 0 Å². The number of nitrogens with zero attached hydrogens (tertiary/aromatic N) is 1. The third-order valence-electron chi connectivity index (χ3n) is 3.77. The highest BCUT2D eigenvalue weighted by Crippen LogP contribution is 2.26. The average Bonchev–Trinajstić information content (AvgIpc) is 2.39. The molecule has 1 aromatic carbocycles. The minimum atomic E-state index is -0.344. The fourth-order valence-electron chi connectivity index (χ4n) is 2.63. The topological polar surface area (TPSA) is 64.4 Å². The number of methoxy groups -OCH3 is 1. The lowest BCUT2D eigenvalue weighted by atomic mass is 9.93. The Bertz CT molecular complexity index is 454. The molecule has 104 valence electrons. The minimum absolute atomic E-state index is 0.175. The van der Waals surface area contributed by atoms with Gasteiger partial charge in [0.2, 0.25) is 0 Å². The Kier molecular flexibility index (Phi) is 4.37. The molecule has 0 atom stereocenters. The maximum Gasteiger partial charge on any atom is 0.272 e. The first kappa shape index (κ1) is 13.8. The lowest BCUT2D eigenvalue weighted by Gasteiger charge is -2.29. The van der Waals surface area contributed by atoms with Crippen molar-refractivity contribution in [2.45, 2.75) is 44.8 Å².